The van der Waals surface area contributed by atoms with Crippen LogP contribution in [0, 0.1) is 11.8 Å². The normalized spacial score (nSPS) is 17.6. The van der Waals surface area contributed by atoms with Crippen LogP contribution in [-0.4, -0.2) is 119 Å². The molecule has 198 valence electrons. The maximum atomic E-state index is 11.7. The zero-order valence-corrected chi connectivity index (χ0v) is 20.7. The molecule has 0 unspecified atom stereocenters. The summed E-state index contributed by atoms with van der Waals surface area (Å²) in [5.41, 5.74) is 0. The Labute approximate surface area is 201 Å². The number of aliphatic hydroxyl groups is 2. The van der Waals surface area contributed by atoms with Gasteiger partial charge in [-0.1, -0.05) is 27.7 Å². The third-order valence-corrected chi connectivity index (χ3v) is 5.00. The number of carboxylic acids is 2. The van der Waals surface area contributed by atoms with E-state index in [1.165, 1.54) is 0 Å². The number of carbonyl (C=O) groups excluding carboxylic acids is 2. The van der Waals surface area contributed by atoms with Gasteiger partial charge in [0, 0.05) is 52.4 Å². The highest BCUT2D eigenvalue weighted by Gasteiger charge is 2.24. The number of carboxylic acid groups (broad SMARTS) is 2. The van der Waals surface area contributed by atoms with Gasteiger partial charge in [0.25, 0.3) is 11.8 Å². The van der Waals surface area contributed by atoms with E-state index in [4.69, 9.17) is 19.8 Å². The van der Waals surface area contributed by atoms with Crippen molar-refractivity contribution in [2.75, 3.05) is 52.4 Å². The summed E-state index contributed by atoms with van der Waals surface area (Å²) in [5, 5.41) is 40.4. The molecule has 0 aromatic rings. The van der Waals surface area contributed by atoms with Crippen LogP contribution in [0.1, 0.15) is 40.5 Å². The first-order valence-electron chi connectivity index (χ1n) is 11.7. The standard InChI is InChI=1S/2C10H20N2O2.C2H2O4/c2*1-8(2)7-9(13)10(14)12-5-3-11-4-6-12;3-1(4)2(5)6/h2*8-9,11,13H,3-7H2,1-2H3;(H,3,4)(H,5,6)/t2*9-;/m11./s1. The Bertz CT molecular complexity index is 578. The molecule has 0 radical (unpaired) electrons. The van der Waals surface area contributed by atoms with Gasteiger partial charge in [0.2, 0.25) is 0 Å². The van der Waals surface area contributed by atoms with Crippen molar-refractivity contribution < 1.29 is 39.6 Å². The predicted molar refractivity (Wildman–Crippen MR) is 125 cm³/mol. The molecule has 34 heavy (non-hydrogen) atoms. The molecule has 0 aromatic heterocycles. The highest BCUT2D eigenvalue weighted by atomic mass is 16.4. The molecule has 0 aromatic carbocycles. The summed E-state index contributed by atoms with van der Waals surface area (Å²) in [6.45, 7) is 14.2. The second kappa shape index (κ2) is 17.2. The van der Waals surface area contributed by atoms with Crippen LogP contribution in [0.3, 0.4) is 0 Å². The number of hydrogen-bond donors (Lipinski definition) is 6. The van der Waals surface area contributed by atoms with Crippen molar-refractivity contribution in [1.82, 2.24) is 20.4 Å². The van der Waals surface area contributed by atoms with E-state index in [0.29, 0.717) is 50.9 Å². The van der Waals surface area contributed by atoms with Crippen molar-refractivity contribution >= 4 is 23.8 Å². The van der Waals surface area contributed by atoms with Crippen LogP contribution in [0.5, 0.6) is 0 Å². The lowest BCUT2D eigenvalue weighted by Crippen LogP contribution is -2.50. The Hall–Kier alpha value is -2.28. The number of hydrogen-bond acceptors (Lipinski definition) is 8. The fourth-order valence-corrected chi connectivity index (χ4v) is 3.29. The molecule has 2 aliphatic rings. The fourth-order valence-electron chi connectivity index (χ4n) is 3.29. The van der Waals surface area contributed by atoms with Crippen LogP contribution in [-0.2, 0) is 19.2 Å². The average molecular weight is 491 g/mol. The molecule has 0 spiro atoms. The van der Waals surface area contributed by atoms with Crippen LogP contribution in [0.15, 0.2) is 0 Å². The topological polar surface area (TPSA) is 180 Å². The number of aliphatic carboxylic acids is 2. The highest BCUT2D eigenvalue weighted by Crippen LogP contribution is 2.09. The molecule has 2 aliphatic heterocycles. The van der Waals surface area contributed by atoms with Crippen molar-refractivity contribution in [3.8, 4) is 0 Å². The number of nitrogens with one attached hydrogen (secondary N) is 2. The SMILES string of the molecule is CC(C)C[C@@H](O)C(=O)N1CCNCC1.CC(C)C[C@@H](O)C(=O)N1CCNCC1.O=C(O)C(=O)O. The van der Waals surface area contributed by atoms with Gasteiger partial charge in [-0.3, -0.25) is 9.59 Å². The molecule has 2 amide bonds. The molecule has 0 saturated carbocycles. The van der Waals surface area contributed by atoms with Crippen LogP contribution in [0.2, 0.25) is 0 Å². The minimum absolute atomic E-state index is 0.111. The quantitative estimate of drug-likeness (QED) is 0.248. The number of piperazine rings is 2. The minimum atomic E-state index is -1.82. The molecule has 2 heterocycles. The van der Waals surface area contributed by atoms with Crippen molar-refractivity contribution in [3.63, 3.8) is 0 Å². The van der Waals surface area contributed by atoms with Crippen LogP contribution in [0.25, 0.3) is 0 Å². The summed E-state index contributed by atoms with van der Waals surface area (Å²) in [6, 6.07) is 0. The summed E-state index contributed by atoms with van der Waals surface area (Å²) >= 11 is 0. The van der Waals surface area contributed by atoms with Crippen molar-refractivity contribution in [3.05, 3.63) is 0 Å². The van der Waals surface area contributed by atoms with Crippen molar-refractivity contribution in [2.45, 2.75) is 52.7 Å². The molecule has 6 N–H and O–H groups in total. The maximum absolute atomic E-state index is 11.7. The van der Waals surface area contributed by atoms with E-state index in [-0.39, 0.29) is 11.8 Å². The first-order valence-corrected chi connectivity index (χ1v) is 11.7. The first kappa shape index (κ1) is 31.7. The number of rotatable bonds is 6. The van der Waals surface area contributed by atoms with E-state index in [1.54, 1.807) is 9.80 Å². The molecule has 2 fully saturated rings. The first-order chi connectivity index (χ1) is 15.9. The van der Waals surface area contributed by atoms with Gasteiger partial charge in [0.05, 0.1) is 0 Å². The molecule has 2 saturated heterocycles. The second-order valence-electron chi connectivity index (χ2n) is 9.05. The maximum Gasteiger partial charge on any atom is 0.414 e. The van der Waals surface area contributed by atoms with E-state index >= 15 is 0 Å². The molecule has 0 aliphatic carbocycles. The Morgan fingerprint density at radius 2 is 0.912 bits per heavy atom. The third-order valence-electron chi connectivity index (χ3n) is 5.00. The molecule has 2 atom stereocenters. The largest absolute Gasteiger partial charge is 0.473 e. The van der Waals surface area contributed by atoms with Gasteiger partial charge in [-0.2, -0.15) is 0 Å². The average Bonchev–Trinajstić information content (AvgIpc) is 2.79. The lowest BCUT2D eigenvalue weighted by atomic mass is 10.0. The number of carbonyl (C=O) groups is 4. The van der Waals surface area contributed by atoms with E-state index < -0.39 is 24.1 Å². The molecular weight excluding hydrogens is 448 g/mol. The fraction of sp³-hybridized carbons (Fsp3) is 0.818. The Morgan fingerprint density at radius 1 is 0.647 bits per heavy atom. The minimum Gasteiger partial charge on any atom is -0.473 e. The summed E-state index contributed by atoms with van der Waals surface area (Å²) in [7, 11) is 0. The van der Waals surface area contributed by atoms with E-state index in [0.717, 1.165) is 26.2 Å². The lowest BCUT2D eigenvalue weighted by molar-refractivity contribution is -0.159. The van der Waals surface area contributed by atoms with Crippen LogP contribution < -0.4 is 10.6 Å². The van der Waals surface area contributed by atoms with E-state index in [2.05, 4.69) is 10.6 Å². The molecule has 0 bridgehead atoms. The number of nitrogens with zero attached hydrogens (tertiary/aromatic N) is 2. The van der Waals surface area contributed by atoms with E-state index in [9.17, 15) is 19.8 Å². The van der Waals surface area contributed by atoms with Crippen LogP contribution >= 0.6 is 0 Å². The lowest BCUT2D eigenvalue weighted by Gasteiger charge is -2.29. The molecule has 12 heteroatoms. The molecule has 2 rings (SSSR count). The van der Waals surface area contributed by atoms with Gasteiger partial charge < -0.3 is 40.9 Å². The summed E-state index contributed by atoms with van der Waals surface area (Å²) < 4.78 is 0. The van der Waals surface area contributed by atoms with Crippen molar-refractivity contribution in [1.29, 1.82) is 0 Å². The van der Waals surface area contributed by atoms with Gasteiger partial charge in [0.15, 0.2) is 0 Å². The predicted octanol–water partition coefficient (Wildman–Crippen LogP) is -1.19. The van der Waals surface area contributed by atoms with Gasteiger partial charge in [-0.25, -0.2) is 9.59 Å². The molecular formula is C22H42N4O8. The Balaban J connectivity index is 0.000000521. The van der Waals surface area contributed by atoms with Gasteiger partial charge in [-0.05, 0) is 24.7 Å². The highest BCUT2D eigenvalue weighted by molar-refractivity contribution is 6.27. The monoisotopic (exact) mass is 490 g/mol. The molecule has 12 nitrogen and oxygen atoms in total. The van der Waals surface area contributed by atoms with Gasteiger partial charge in [0.1, 0.15) is 12.2 Å². The zero-order valence-electron chi connectivity index (χ0n) is 20.7. The smallest absolute Gasteiger partial charge is 0.414 e. The van der Waals surface area contributed by atoms with Gasteiger partial charge in [-0.15, -0.1) is 0 Å². The van der Waals surface area contributed by atoms with Crippen molar-refractivity contribution in [2.24, 2.45) is 11.8 Å². The summed E-state index contributed by atoms with van der Waals surface area (Å²) in [5.74, 6) is -3.15. The van der Waals surface area contributed by atoms with Gasteiger partial charge >= 0.3 is 11.9 Å². The Morgan fingerprint density at radius 3 is 1.12 bits per heavy atom. The summed E-state index contributed by atoms with van der Waals surface area (Å²) in [6.07, 6.45) is -0.507. The second-order valence-corrected chi connectivity index (χ2v) is 9.05. The van der Waals surface area contributed by atoms with E-state index in [1.807, 2.05) is 27.7 Å². The third kappa shape index (κ3) is 14.1. The number of aliphatic hydroxyl groups excluding tert-OH is 2. The Kier molecular flexibility index (Phi) is 16.0. The number of amides is 2. The summed E-state index contributed by atoms with van der Waals surface area (Å²) in [4.78, 5) is 45.0. The van der Waals surface area contributed by atoms with Crippen LogP contribution in [0.4, 0.5) is 0 Å². The zero-order chi connectivity index (χ0) is 26.3.